The van der Waals surface area contributed by atoms with E-state index in [4.69, 9.17) is 0 Å². The van der Waals surface area contributed by atoms with Gasteiger partial charge >= 0.3 is 0 Å². The zero-order valence-corrected chi connectivity index (χ0v) is 12.4. The van der Waals surface area contributed by atoms with E-state index in [1.54, 1.807) is 0 Å². The fraction of sp³-hybridized carbons (Fsp3) is 1.00. The van der Waals surface area contributed by atoms with E-state index >= 15 is 0 Å². The van der Waals surface area contributed by atoms with Gasteiger partial charge in [0.05, 0.1) is 0 Å². The summed E-state index contributed by atoms with van der Waals surface area (Å²) in [7, 11) is 0. The summed E-state index contributed by atoms with van der Waals surface area (Å²) in [4.78, 5) is 2.67. The van der Waals surface area contributed by atoms with Crippen molar-refractivity contribution in [2.24, 2.45) is 17.3 Å². The van der Waals surface area contributed by atoms with Gasteiger partial charge in [0.1, 0.15) is 0 Å². The van der Waals surface area contributed by atoms with Crippen LogP contribution >= 0.6 is 0 Å². The first-order valence-electron chi connectivity index (χ1n) is 6.91. The standard InChI is InChI=1S/C15H31N/c1-8-12-11-16(15(5,6)7)10-9-13(12)14(2,3)4/h12-13H,8-11H2,1-7H3. The molecule has 0 spiro atoms. The maximum absolute atomic E-state index is 2.67. The van der Waals surface area contributed by atoms with Crippen molar-refractivity contribution in [3.8, 4) is 0 Å². The molecule has 1 fully saturated rings. The molecule has 2 unspecified atom stereocenters. The summed E-state index contributed by atoms with van der Waals surface area (Å²) in [6.45, 7) is 19.2. The normalized spacial score (nSPS) is 29.4. The molecule has 1 heteroatoms. The molecule has 0 aromatic heterocycles. The molecule has 1 nitrogen and oxygen atoms in total. The van der Waals surface area contributed by atoms with E-state index in [9.17, 15) is 0 Å². The second-order valence-corrected chi connectivity index (χ2v) is 7.55. The molecule has 1 aliphatic rings. The van der Waals surface area contributed by atoms with Crippen LogP contribution in [0.4, 0.5) is 0 Å². The molecule has 0 saturated carbocycles. The van der Waals surface area contributed by atoms with Gasteiger partial charge in [0.15, 0.2) is 0 Å². The van der Waals surface area contributed by atoms with Gasteiger partial charge in [0, 0.05) is 12.1 Å². The molecule has 2 atom stereocenters. The minimum Gasteiger partial charge on any atom is -0.298 e. The Kier molecular flexibility index (Phi) is 4.10. The Morgan fingerprint density at radius 3 is 2.00 bits per heavy atom. The highest BCUT2D eigenvalue weighted by atomic mass is 15.2. The van der Waals surface area contributed by atoms with Crippen LogP contribution in [0.1, 0.15) is 61.3 Å². The quantitative estimate of drug-likeness (QED) is 0.647. The molecule has 0 N–H and O–H groups in total. The zero-order valence-electron chi connectivity index (χ0n) is 12.4. The van der Waals surface area contributed by atoms with Crippen LogP contribution in [0.25, 0.3) is 0 Å². The molecule has 0 aliphatic carbocycles. The lowest BCUT2D eigenvalue weighted by molar-refractivity contribution is 0.00513. The summed E-state index contributed by atoms with van der Waals surface area (Å²) in [6, 6.07) is 0. The van der Waals surface area contributed by atoms with Crippen LogP contribution in [-0.2, 0) is 0 Å². The third-order valence-electron chi connectivity index (χ3n) is 4.32. The Bertz CT molecular complexity index is 219. The topological polar surface area (TPSA) is 3.24 Å². The average molecular weight is 225 g/mol. The summed E-state index contributed by atoms with van der Waals surface area (Å²) in [5.74, 6) is 1.78. The summed E-state index contributed by atoms with van der Waals surface area (Å²) in [6.07, 6.45) is 2.70. The molecule has 0 aromatic rings. The highest BCUT2D eigenvalue weighted by Crippen LogP contribution is 2.40. The largest absolute Gasteiger partial charge is 0.298 e. The molecule has 1 rings (SSSR count). The third-order valence-corrected chi connectivity index (χ3v) is 4.32. The van der Waals surface area contributed by atoms with Crippen molar-refractivity contribution in [1.82, 2.24) is 4.90 Å². The molecular formula is C15H31N. The van der Waals surface area contributed by atoms with Crippen molar-refractivity contribution >= 4 is 0 Å². The second kappa shape index (κ2) is 4.68. The lowest BCUT2D eigenvalue weighted by Crippen LogP contribution is -2.51. The molecule has 0 amide bonds. The number of rotatable bonds is 1. The molecule has 1 saturated heterocycles. The van der Waals surface area contributed by atoms with Gasteiger partial charge in [-0.3, -0.25) is 4.90 Å². The molecule has 16 heavy (non-hydrogen) atoms. The van der Waals surface area contributed by atoms with Crippen molar-refractivity contribution in [3.63, 3.8) is 0 Å². The zero-order chi connectivity index (χ0) is 12.6. The fourth-order valence-electron chi connectivity index (χ4n) is 3.20. The summed E-state index contributed by atoms with van der Waals surface area (Å²) in [5, 5.41) is 0. The Morgan fingerprint density at radius 2 is 1.62 bits per heavy atom. The van der Waals surface area contributed by atoms with E-state index in [0.717, 1.165) is 11.8 Å². The number of hydrogen-bond donors (Lipinski definition) is 0. The Hall–Kier alpha value is -0.0400. The molecule has 0 radical (unpaired) electrons. The first-order valence-corrected chi connectivity index (χ1v) is 6.91. The maximum Gasteiger partial charge on any atom is 0.0125 e. The Morgan fingerprint density at radius 1 is 1.06 bits per heavy atom. The minimum atomic E-state index is 0.344. The Balaban J connectivity index is 2.72. The van der Waals surface area contributed by atoms with Crippen LogP contribution in [-0.4, -0.2) is 23.5 Å². The van der Waals surface area contributed by atoms with Crippen LogP contribution < -0.4 is 0 Å². The fourth-order valence-corrected chi connectivity index (χ4v) is 3.20. The SMILES string of the molecule is CCC1CN(C(C)(C)C)CCC1C(C)(C)C. The lowest BCUT2D eigenvalue weighted by Gasteiger charge is -2.48. The predicted octanol–water partition coefficient (Wildman–Crippen LogP) is 4.18. The van der Waals surface area contributed by atoms with Crippen LogP contribution in [0.2, 0.25) is 0 Å². The van der Waals surface area contributed by atoms with Crippen LogP contribution in [0.5, 0.6) is 0 Å². The van der Waals surface area contributed by atoms with Crippen molar-refractivity contribution in [2.45, 2.75) is 66.8 Å². The molecule has 1 aliphatic heterocycles. The van der Waals surface area contributed by atoms with E-state index in [1.165, 1.54) is 25.9 Å². The van der Waals surface area contributed by atoms with Crippen LogP contribution in [0.3, 0.4) is 0 Å². The third kappa shape index (κ3) is 3.23. The van der Waals surface area contributed by atoms with Gasteiger partial charge in [-0.1, -0.05) is 34.1 Å². The maximum atomic E-state index is 2.67. The summed E-state index contributed by atoms with van der Waals surface area (Å²) >= 11 is 0. The highest BCUT2D eigenvalue weighted by Gasteiger charge is 2.38. The van der Waals surface area contributed by atoms with Crippen molar-refractivity contribution in [3.05, 3.63) is 0 Å². The van der Waals surface area contributed by atoms with Crippen molar-refractivity contribution in [1.29, 1.82) is 0 Å². The molecule has 0 aromatic carbocycles. The second-order valence-electron chi connectivity index (χ2n) is 7.55. The molecule has 1 heterocycles. The number of hydrogen-bond acceptors (Lipinski definition) is 1. The average Bonchev–Trinajstić information content (AvgIpc) is 2.14. The minimum absolute atomic E-state index is 0.344. The lowest BCUT2D eigenvalue weighted by atomic mass is 9.68. The van der Waals surface area contributed by atoms with Crippen LogP contribution in [0.15, 0.2) is 0 Å². The van der Waals surface area contributed by atoms with Gasteiger partial charge < -0.3 is 0 Å². The van der Waals surface area contributed by atoms with Gasteiger partial charge in [-0.25, -0.2) is 0 Å². The highest BCUT2D eigenvalue weighted by molar-refractivity contribution is 4.90. The van der Waals surface area contributed by atoms with E-state index < -0.39 is 0 Å². The van der Waals surface area contributed by atoms with E-state index in [-0.39, 0.29) is 0 Å². The van der Waals surface area contributed by atoms with Crippen molar-refractivity contribution in [2.75, 3.05) is 13.1 Å². The van der Waals surface area contributed by atoms with Gasteiger partial charge in [-0.15, -0.1) is 0 Å². The van der Waals surface area contributed by atoms with Crippen molar-refractivity contribution < 1.29 is 0 Å². The van der Waals surface area contributed by atoms with Gasteiger partial charge in [-0.2, -0.15) is 0 Å². The van der Waals surface area contributed by atoms with E-state index in [1.807, 2.05) is 0 Å². The number of nitrogens with zero attached hydrogens (tertiary/aromatic N) is 1. The number of piperidine rings is 1. The first kappa shape index (κ1) is 14.0. The Labute approximate surface area is 103 Å². The van der Waals surface area contributed by atoms with Gasteiger partial charge in [-0.05, 0) is 51.0 Å². The van der Waals surface area contributed by atoms with Crippen LogP contribution in [0, 0.1) is 17.3 Å². The predicted molar refractivity (Wildman–Crippen MR) is 72.7 cm³/mol. The van der Waals surface area contributed by atoms with Gasteiger partial charge in [0.25, 0.3) is 0 Å². The number of likely N-dealkylation sites (tertiary alicyclic amines) is 1. The molecular weight excluding hydrogens is 194 g/mol. The molecule has 0 bridgehead atoms. The monoisotopic (exact) mass is 225 g/mol. The van der Waals surface area contributed by atoms with Gasteiger partial charge in [0.2, 0.25) is 0 Å². The summed E-state index contributed by atoms with van der Waals surface area (Å²) < 4.78 is 0. The summed E-state index contributed by atoms with van der Waals surface area (Å²) in [5.41, 5.74) is 0.820. The molecule has 96 valence electrons. The van der Waals surface area contributed by atoms with E-state index in [0.29, 0.717) is 11.0 Å². The van der Waals surface area contributed by atoms with E-state index in [2.05, 4.69) is 53.4 Å². The first-order chi connectivity index (χ1) is 7.16. The smallest absolute Gasteiger partial charge is 0.0125 e.